The lowest BCUT2D eigenvalue weighted by molar-refractivity contribution is 0.415. The molecule has 0 radical (unpaired) electrons. The molecule has 0 aliphatic heterocycles. The van der Waals surface area contributed by atoms with Crippen molar-refractivity contribution in [1.29, 1.82) is 0 Å². The second kappa shape index (κ2) is 8.31. The minimum absolute atomic E-state index is 0.539. The van der Waals surface area contributed by atoms with Crippen molar-refractivity contribution < 1.29 is 9.15 Å². The first-order valence-electron chi connectivity index (χ1n) is 9.86. The van der Waals surface area contributed by atoms with E-state index in [4.69, 9.17) is 14.1 Å². The molecule has 0 atom stereocenters. The number of hydrogen-bond acceptors (Lipinski definition) is 6. The van der Waals surface area contributed by atoms with Crippen LogP contribution in [0.4, 0.5) is 0 Å². The maximum atomic E-state index is 5.59. The number of aryl methyl sites for hydroxylation is 1. The summed E-state index contributed by atoms with van der Waals surface area (Å²) in [6, 6.07) is 19.8. The summed E-state index contributed by atoms with van der Waals surface area (Å²) in [4.78, 5) is 4.77. The third-order valence-corrected chi connectivity index (χ3v) is 6.11. The summed E-state index contributed by atoms with van der Waals surface area (Å²) in [7, 11) is 3.70. The molecule has 0 aliphatic rings. The van der Waals surface area contributed by atoms with Crippen LogP contribution in [-0.2, 0) is 19.3 Å². The summed E-state index contributed by atoms with van der Waals surface area (Å²) >= 11 is 1.61. The zero-order chi connectivity index (χ0) is 21.2. The quantitative estimate of drug-likeness (QED) is 0.346. The van der Waals surface area contributed by atoms with Crippen LogP contribution < -0.4 is 4.74 Å². The molecule has 0 fully saturated rings. The Morgan fingerprint density at radius 3 is 2.74 bits per heavy atom. The molecule has 7 nitrogen and oxygen atoms in total. The molecule has 3 aromatic heterocycles. The molecule has 3 heterocycles. The number of para-hydroxylation sites is 2. The molecule has 156 valence electrons. The predicted molar refractivity (Wildman–Crippen MR) is 120 cm³/mol. The van der Waals surface area contributed by atoms with Gasteiger partial charge in [-0.2, -0.15) is 0 Å². The maximum absolute atomic E-state index is 5.59. The number of hydrogen-bond donors (Lipinski definition) is 0. The van der Waals surface area contributed by atoms with Crippen LogP contribution in [0.5, 0.6) is 5.75 Å². The lowest BCUT2D eigenvalue weighted by Crippen LogP contribution is -2.04. The highest BCUT2D eigenvalue weighted by molar-refractivity contribution is 7.98. The Kier molecular flexibility index (Phi) is 5.21. The monoisotopic (exact) mass is 431 g/mol. The molecule has 8 heteroatoms. The van der Waals surface area contributed by atoms with Crippen molar-refractivity contribution in [1.82, 2.24) is 24.3 Å². The first-order valence-corrected chi connectivity index (χ1v) is 10.8. The first-order chi connectivity index (χ1) is 15.2. The number of nitrogens with zero attached hydrogens (tertiary/aromatic N) is 5. The van der Waals surface area contributed by atoms with Gasteiger partial charge in [0, 0.05) is 12.6 Å². The average Bonchev–Trinajstić information content (AvgIpc) is 3.53. The molecular weight excluding hydrogens is 410 g/mol. The molecule has 0 saturated carbocycles. The molecule has 0 aliphatic carbocycles. The third-order valence-electron chi connectivity index (χ3n) is 5.15. The van der Waals surface area contributed by atoms with Gasteiger partial charge < -0.3 is 13.7 Å². The highest BCUT2D eigenvalue weighted by Crippen LogP contribution is 2.29. The fourth-order valence-electron chi connectivity index (χ4n) is 3.53. The van der Waals surface area contributed by atoms with Crippen LogP contribution in [0.3, 0.4) is 0 Å². The van der Waals surface area contributed by atoms with Gasteiger partial charge in [-0.1, -0.05) is 36.0 Å². The second-order valence-corrected chi connectivity index (χ2v) is 8.01. The largest absolute Gasteiger partial charge is 0.497 e. The van der Waals surface area contributed by atoms with Crippen LogP contribution in [-0.4, -0.2) is 31.4 Å². The van der Waals surface area contributed by atoms with Crippen molar-refractivity contribution in [2.45, 2.75) is 17.5 Å². The molecule has 0 bridgehead atoms. The van der Waals surface area contributed by atoms with E-state index in [2.05, 4.69) is 25.4 Å². The second-order valence-electron chi connectivity index (χ2n) is 7.07. The molecule has 0 amide bonds. The number of benzene rings is 2. The molecular formula is C23H21N5O2S. The van der Waals surface area contributed by atoms with Crippen LogP contribution in [0.2, 0.25) is 0 Å². The van der Waals surface area contributed by atoms with Crippen molar-refractivity contribution in [2.24, 2.45) is 7.05 Å². The smallest absolute Gasteiger partial charge is 0.192 e. The minimum Gasteiger partial charge on any atom is -0.497 e. The Morgan fingerprint density at radius 1 is 1.03 bits per heavy atom. The Bertz CT molecular complexity index is 1320. The molecule has 0 saturated heterocycles. The molecule has 5 aromatic rings. The van der Waals surface area contributed by atoms with Crippen molar-refractivity contribution >= 4 is 22.8 Å². The van der Waals surface area contributed by atoms with E-state index in [1.165, 1.54) is 0 Å². The first kappa shape index (κ1) is 19.4. The Morgan fingerprint density at radius 2 is 1.94 bits per heavy atom. The van der Waals surface area contributed by atoms with Crippen molar-refractivity contribution in [3.63, 3.8) is 0 Å². The van der Waals surface area contributed by atoms with Gasteiger partial charge in [0.05, 0.1) is 36.7 Å². The van der Waals surface area contributed by atoms with Crippen LogP contribution >= 0.6 is 11.8 Å². The highest BCUT2D eigenvalue weighted by atomic mass is 32.2. The zero-order valence-corrected chi connectivity index (χ0v) is 18.0. The average molecular weight is 432 g/mol. The summed E-state index contributed by atoms with van der Waals surface area (Å²) < 4.78 is 15.2. The number of ether oxygens (including phenoxy) is 1. The van der Waals surface area contributed by atoms with Gasteiger partial charge in [0.2, 0.25) is 0 Å². The Labute approximate surface area is 183 Å². The normalized spacial score (nSPS) is 11.3. The van der Waals surface area contributed by atoms with Gasteiger partial charge in [-0.15, -0.1) is 10.2 Å². The van der Waals surface area contributed by atoms with Gasteiger partial charge in [0.25, 0.3) is 0 Å². The SMILES string of the molecule is COc1cccc(-c2nnc(SCc3nc4ccccc4n3C)n2Cc2ccco2)c1. The Balaban J connectivity index is 1.48. The van der Waals surface area contributed by atoms with Crippen molar-refractivity contribution in [3.05, 3.63) is 78.5 Å². The van der Waals surface area contributed by atoms with Gasteiger partial charge in [-0.25, -0.2) is 4.98 Å². The predicted octanol–water partition coefficient (Wildman–Crippen LogP) is 4.77. The van der Waals surface area contributed by atoms with E-state index in [1.54, 1.807) is 25.1 Å². The Hall–Kier alpha value is -3.52. The van der Waals surface area contributed by atoms with E-state index in [1.807, 2.05) is 61.6 Å². The topological polar surface area (TPSA) is 70.9 Å². The van der Waals surface area contributed by atoms with E-state index in [-0.39, 0.29) is 0 Å². The van der Waals surface area contributed by atoms with Crippen LogP contribution in [0, 0.1) is 0 Å². The van der Waals surface area contributed by atoms with E-state index in [9.17, 15) is 0 Å². The van der Waals surface area contributed by atoms with Gasteiger partial charge in [0.15, 0.2) is 11.0 Å². The van der Waals surface area contributed by atoms with Gasteiger partial charge in [-0.3, -0.25) is 4.57 Å². The van der Waals surface area contributed by atoms with Crippen molar-refractivity contribution in [3.8, 4) is 17.1 Å². The number of thioether (sulfide) groups is 1. The van der Waals surface area contributed by atoms with E-state index >= 15 is 0 Å². The molecule has 5 rings (SSSR count). The molecule has 0 N–H and O–H groups in total. The number of imidazole rings is 1. The number of rotatable bonds is 7. The van der Waals surface area contributed by atoms with E-state index in [0.717, 1.165) is 44.9 Å². The van der Waals surface area contributed by atoms with Crippen molar-refractivity contribution in [2.75, 3.05) is 7.11 Å². The summed E-state index contributed by atoms with van der Waals surface area (Å²) in [5.74, 6) is 4.05. The highest BCUT2D eigenvalue weighted by Gasteiger charge is 2.18. The number of aromatic nitrogens is 5. The summed E-state index contributed by atoms with van der Waals surface area (Å²) in [6.45, 7) is 0.539. The fourth-order valence-corrected chi connectivity index (χ4v) is 4.45. The van der Waals surface area contributed by atoms with Gasteiger partial charge >= 0.3 is 0 Å². The lowest BCUT2D eigenvalue weighted by Gasteiger charge is -2.10. The lowest BCUT2D eigenvalue weighted by atomic mass is 10.2. The molecule has 0 unspecified atom stereocenters. The van der Waals surface area contributed by atoms with E-state index in [0.29, 0.717) is 12.3 Å². The molecule has 0 spiro atoms. The maximum Gasteiger partial charge on any atom is 0.192 e. The molecule has 31 heavy (non-hydrogen) atoms. The third kappa shape index (κ3) is 3.82. The fraction of sp³-hybridized carbons (Fsp3) is 0.174. The standard InChI is InChI=1S/C23H21N5O2S/c1-27-20-11-4-3-10-19(20)24-21(27)15-31-23-26-25-22(16-7-5-8-17(13-16)29-2)28(23)14-18-9-6-12-30-18/h3-13H,14-15H2,1-2H3. The summed E-state index contributed by atoms with van der Waals surface area (Å²) in [5, 5.41) is 9.78. The van der Waals surface area contributed by atoms with Crippen LogP contribution in [0.1, 0.15) is 11.6 Å². The van der Waals surface area contributed by atoms with Gasteiger partial charge in [0.1, 0.15) is 17.3 Å². The summed E-state index contributed by atoms with van der Waals surface area (Å²) in [5.41, 5.74) is 3.05. The number of methoxy groups -OCH3 is 1. The minimum atomic E-state index is 0.539. The van der Waals surface area contributed by atoms with Crippen LogP contribution in [0.15, 0.2) is 76.5 Å². The summed E-state index contributed by atoms with van der Waals surface area (Å²) in [6.07, 6.45) is 1.68. The van der Waals surface area contributed by atoms with Crippen LogP contribution in [0.25, 0.3) is 22.4 Å². The number of furan rings is 1. The van der Waals surface area contributed by atoms with Gasteiger partial charge in [-0.05, 0) is 36.4 Å². The van der Waals surface area contributed by atoms with E-state index < -0.39 is 0 Å². The number of fused-ring (bicyclic) bond motifs is 1. The zero-order valence-electron chi connectivity index (χ0n) is 17.2. The molecule has 2 aromatic carbocycles.